The van der Waals surface area contributed by atoms with Crippen molar-refractivity contribution in [1.82, 2.24) is 15.5 Å². The number of nitrogens with zero attached hydrogens (tertiary/aromatic N) is 1. The summed E-state index contributed by atoms with van der Waals surface area (Å²) in [5.74, 6) is -1.78. The molecule has 1 aromatic carbocycles. The molecule has 214 valence electrons. The van der Waals surface area contributed by atoms with E-state index in [1.807, 2.05) is 13.8 Å². The summed E-state index contributed by atoms with van der Waals surface area (Å²) in [5.41, 5.74) is 5.09. The summed E-state index contributed by atoms with van der Waals surface area (Å²) in [4.78, 5) is 53.4. The number of nitrogens with one attached hydrogen (secondary N) is 2. The topological polar surface area (TPSA) is 151 Å². The number of phenols is 1. The summed E-state index contributed by atoms with van der Waals surface area (Å²) in [6.45, 7) is 11.2. The van der Waals surface area contributed by atoms with Crippen LogP contribution in [0.5, 0.6) is 5.75 Å². The molecule has 0 aliphatic heterocycles. The van der Waals surface area contributed by atoms with E-state index in [2.05, 4.69) is 17.6 Å². The van der Waals surface area contributed by atoms with Crippen molar-refractivity contribution in [2.75, 3.05) is 6.54 Å². The van der Waals surface area contributed by atoms with E-state index in [1.54, 1.807) is 32.9 Å². The molecule has 1 aromatic rings. The fraction of sp³-hybridized carbons (Fsp3) is 0.643. The molecule has 10 heteroatoms. The number of benzene rings is 1. The molecular formula is C28H46N4O6. The van der Waals surface area contributed by atoms with Gasteiger partial charge < -0.3 is 31.1 Å². The maximum Gasteiger partial charge on any atom is 0.408 e. The normalized spacial score (nSPS) is 13.6. The van der Waals surface area contributed by atoms with E-state index in [9.17, 15) is 24.3 Å². The van der Waals surface area contributed by atoms with Gasteiger partial charge in [-0.1, -0.05) is 51.7 Å². The molecule has 0 bridgehead atoms. The second kappa shape index (κ2) is 15.8. The molecule has 0 radical (unpaired) electrons. The number of phenolic OH excluding ortho intramolecular Hbond substituents is 1. The lowest BCUT2D eigenvalue weighted by Crippen LogP contribution is -2.54. The number of hydrogen-bond acceptors (Lipinski definition) is 6. The van der Waals surface area contributed by atoms with E-state index in [0.717, 1.165) is 32.1 Å². The first kappa shape index (κ1) is 32.7. The van der Waals surface area contributed by atoms with Crippen LogP contribution in [-0.2, 0) is 19.1 Å². The third-order valence-corrected chi connectivity index (χ3v) is 5.81. The van der Waals surface area contributed by atoms with Crippen molar-refractivity contribution in [3.63, 3.8) is 0 Å². The zero-order valence-electron chi connectivity index (χ0n) is 23.7. The first-order chi connectivity index (χ1) is 17.8. The number of carbonyl (C=O) groups excluding carboxylic acids is 4. The molecule has 4 amide bonds. The van der Waals surface area contributed by atoms with Crippen LogP contribution in [0.4, 0.5) is 4.79 Å². The minimum absolute atomic E-state index is 0.0197. The quantitative estimate of drug-likeness (QED) is 0.250. The lowest BCUT2D eigenvalue weighted by molar-refractivity contribution is -0.143. The Balaban J connectivity index is 3.49. The molecule has 0 spiro atoms. The van der Waals surface area contributed by atoms with Crippen molar-refractivity contribution in [3.8, 4) is 5.75 Å². The third kappa shape index (κ3) is 11.8. The van der Waals surface area contributed by atoms with Gasteiger partial charge in [0.25, 0.3) is 0 Å². The van der Waals surface area contributed by atoms with Crippen LogP contribution in [0.2, 0.25) is 0 Å². The van der Waals surface area contributed by atoms with Gasteiger partial charge in [0, 0.05) is 12.6 Å². The van der Waals surface area contributed by atoms with Crippen molar-refractivity contribution in [3.05, 3.63) is 29.8 Å². The fourth-order valence-electron chi connectivity index (χ4n) is 4.08. The molecule has 0 heterocycles. The van der Waals surface area contributed by atoms with Crippen molar-refractivity contribution >= 4 is 23.8 Å². The number of aromatic hydroxyl groups is 1. The molecule has 0 fully saturated rings. The number of rotatable bonds is 15. The number of unbranched alkanes of at least 4 members (excludes halogenated alkanes) is 3. The van der Waals surface area contributed by atoms with Crippen molar-refractivity contribution < 1.29 is 29.0 Å². The van der Waals surface area contributed by atoms with Gasteiger partial charge in [-0.15, -0.1) is 0 Å². The van der Waals surface area contributed by atoms with Crippen LogP contribution < -0.4 is 16.4 Å². The van der Waals surface area contributed by atoms with Gasteiger partial charge in [0.05, 0.1) is 6.42 Å². The average molecular weight is 535 g/mol. The predicted molar refractivity (Wildman–Crippen MR) is 146 cm³/mol. The minimum Gasteiger partial charge on any atom is -0.508 e. The fourth-order valence-corrected chi connectivity index (χ4v) is 4.08. The smallest absolute Gasteiger partial charge is 0.408 e. The Morgan fingerprint density at radius 3 is 2.16 bits per heavy atom. The van der Waals surface area contributed by atoms with Gasteiger partial charge >= 0.3 is 6.09 Å². The largest absolute Gasteiger partial charge is 0.508 e. The van der Waals surface area contributed by atoms with Crippen LogP contribution in [0.1, 0.15) is 98.1 Å². The first-order valence-electron chi connectivity index (χ1n) is 13.5. The molecule has 3 unspecified atom stereocenters. The van der Waals surface area contributed by atoms with Crippen molar-refractivity contribution in [2.24, 2.45) is 5.73 Å². The van der Waals surface area contributed by atoms with E-state index in [1.165, 1.54) is 17.0 Å². The Kier molecular flexibility index (Phi) is 13.6. The summed E-state index contributed by atoms with van der Waals surface area (Å²) in [5, 5.41) is 15.3. The molecule has 0 aliphatic rings. The molecule has 3 atom stereocenters. The van der Waals surface area contributed by atoms with E-state index in [4.69, 9.17) is 10.5 Å². The van der Waals surface area contributed by atoms with Crippen LogP contribution in [0.25, 0.3) is 0 Å². The molecule has 1 rings (SSSR count). The molecular weight excluding hydrogens is 488 g/mol. The van der Waals surface area contributed by atoms with Gasteiger partial charge in [0.2, 0.25) is 17.7 Å². The Bertz CT molecular complexity index is 913. The van der Waals surface area contributed by atoms with Crippen LogP contribution in [0.3, 0.4) is 0 Å². The maximum absolute atomic E-state index is 14.0. The molecule has 0 aliphatic carbocycles. The zero-order valence-corrected chi connectivity index (χ0v) is 23.7. The molecule has 0 saturated carbocycles. The number of nitrogens with two attached hydrogens (primary N) is 1. The van der Waals surface area contributed by atoms with Gasteiger partial charge in [-0.3, -0.25) is 14.4 Å². The highest BCUT2D eigenvalue weighted by atomic mass is 16.6. The number of primary amides is 1. The number of carbonyl (C=O) groups is 4. The average Bonchev–Trinajstić information content (AvgIpc) is 2.79. The van der Waals surface area contributed by atoms with Crippen molar-refractivity contribution in [1.29, 1.82) is 0 Å². The highest BCUT2D eigenvalue weighted by Crippen LogP contribution is 2.26. The van der Waals surface area contributed by atoms with Gasteiger partial charge in [0.1, 0.15) is 23.4 Å². The lowest BCUT2D eigenvalue weighted by Gasteiger charge is -2.35. The maximum atomic E-state index is 14.0. The zero-order chi connectivity index (χ0) is 28.9. The van der Waals surface area contributed by atoms with E-state index >= 15 is 0 Å². The van der Waals surface area contributed by atoms with Gasteiger partial charge in [-0.25, -0.2) is 4.79 Å². The third-order valence-electron chi connectivity index (χ3n) is 5.81. The monoisotopic (exact) mass is 534 g/mol. The lowest BCUT2D eigenvalue weighted by atomic mass is 10.0. The van der Waals surface area contributed by atoms with Gasteiger partial charge in [-0.2, -0.15) is 0 Å². The first-order valence-corrected chi connectivity index (χ1v) is 13.5. The second-order valence-electron chi connectivity index (χ2n) is 10.7. The predicted octanol–water partition coefficient (Wildman–Crippen LogP) is 3.92. The number of ether oxygens (including phenoxy) is 1. The summed E-state index contributed by atoms with van der Waals surface area (Å²) in [6, 6.07) is 3.55. The highest BCUT2D eigenvalue weighted by Gasteiger charge is 2.37. The van der Waals surface area contributed by atoms with E-state index in [0.29, 0.717) is 12.0 Å². The standard InChI is InChI=1S/C28H46N4O6/c1-7-9-10-11-17-32(26(36)22(18-23(29)34)31-27(37)38-28(4,5)6)24(20-13-15-21(33)16-14-20)25(35)30-19(3)12-8-2/h13-16,19,22,24,33H,7-12,17-18H2,1-6H3,(H2,29,34)(H,30,35)(H,31,37). The van der Waals surface area contributed by atoms with E-state index < -0.39 is 47.9 Å². The Morgan fingerprint density at radius 2 is 1.63 bits per heavy atom. The second-order valence-corrected chi connectivity index (χ2v) is 10.7. The van der Waals surface area contributed by atoms with Crippen LogP contribution in [0.15, 0.2) is 24.3 Å². The van der Waals surface area contributed by atoms with Gasteiger partial charge in [-0.05, 0) is 58.2 Å². The Labute approximate surface area is 226 Å². The number of alkyl carbamates (subject to hydrolysis) is 1. The highest BCUT2D eigenvalue weighted by molar-refractivity contribution is 5.94. The Morgan fingerprint density at radius 1 is 1.00 bits per heavy atom. The summed E-state index contributed by atoms with van der Waals surface area (Å²) in [6.07, 6.45) is 3.67. The van der Waals surface area contributed by atoms with E-state index in [-0.39, 0.29) is 18.3 Å². The number of amides is 4. The molecule has 5 N–H and O–H groups in total. The summed E-state index contributed by atoms with van der Waals surface area (Å²) in [7, 11) is 0. The Hall–Kier alpha value is -3.30. The molecule has 38 heavy (non-hydrogen) atoms. The van der Waals surface area contributed by atoms with Gasteiger partial charge in [0.15, 0.2) is 0 Å². The van der Waals surface area contributed by atoms with Crippen LogP contribution >= 0.6 is 0 Å². The van der Waals surface area contributed by atoms with Crippen LogP contribution in [0, 0.1) is 0 Å². The minimum atomic E-state index is -1.32. The molecule has 0 aromatic heterocycles. The van der Waals surface area contributed by atoms with Crippen LogP contribution in [-0.4, -0.2) is 58.1 Å². The molecule has 0 saturated heterocycles. The summed E-state index contributed by atoms with van der Waals surface area (Å²) >= 11 is 0. The summed E-state index contributed by atoms with van der Waals surface area (Å²) < 4.78 is 5.30. The SMILES string of the molecule is CCCCCCN(C(=O)C(CC(N)=O)NC(=O)OC(C)(C)C)C(C(=O)NC(C)CCC)c1ccc(O)cc1. The number of hydrogen-bond donors (Lipinski definition) is 4. The van der Waals surface area contributed by atoms with Crippen molar-refractivity contribution in [2.45, 2.75) is 110 Å². The molecule has 10 nitrogen and oxygen atoms in total.